The third-order valence-corrected chi connectivity index (χ3v) is 4.49. The first-order valence-electron chi connectivity index (χ1n) is 6.86. The highest BCUT2D eigenvalue weighted by Crippen LogP contribution is 2.34. The van der Waals surface area contributed by atoms with Crippen molar-refractivity contribution in [2.75, 3.05) is 5.32 Å². The van der Waals surface area contributed by atoms with Crippen LogP contribution in [-0.2, 0) is 6.18 Å². The monoisotopic (exact) mass is 418 g/mol. The predicted octanol–water partition coefficient (Wildman–Crippen LogP) is 5.18. The molecule has 0 aliphatic heterocycles. The number of rotatable bonds is 3. The fourth-order valence-corrected chi connectivity index (χ4v) is 3.10. The molecule has 134 valence electrons. The van der Waals surface area contributed by atoms with E-state index in [1.807, 2.05) is 0 Å². The zero-order chi connectivity index (χ0) is 18.9. The van der Waals surface area contributed by atoms with E-state index in [2.05, 4.69) is 20.3 Å². The summed E-state index contributed by atoms with van der Waals surface area (Å²) in [6, 6.07) is 3.82. The van der Waals surface area contributed by atoms with Crippen LogP contribution in [0.3, 0.4) is 0 Å². The summed E-state index contributed by atoms with van der Waals surface area (Å²) in [4.78, 5) is 23.8. The van der Waals surface area contributed by atoms with Crippen LogP contribution in [0.2, 0.25) is 10.2 Å². The molecule has 5 nitrogen and oxygen atoms in total. The minimum absolute atomic E-state index is 0.0363. The number of carbonyl (C=O) groups is 1. The van der Waals surface area contributed by atoms with E-state index in [9.17, 15) is 18.0 Å². The number of halogens is 5. The van der Waals surface area contributed by atoms with Crippen molar-refractivity contribution in [2.24, 2.45) is 0 Å². The van der Waals surface area contributed by atoms with E-state index < -0.39 is 17.6 Å². The van der Waals surface area contributed by atoms with Crippen molar-refractivity contribution in [2.45, 2.75) is 6.18 Å². The lowest BCUT2D eigenvalue weighted by molar-refractivity contribution is -0.137. The van der Waals surface area contributed by atoms with Crippen molar-refractivity contribution < 1.29 is 18.0 Å². The maximum absolute atomic E-state index is 12.7. The van der Waals surface area contributed by atoms with Crippen LogP contribution in [0.1, 0.15) is 15.9 Å². The molecule has 0 fully saturated rings. The highest BCUT2D eigenvalue weighted by molar-refractivity contribution is 7.14. The fourth-order valence-electron chi connectivity index (χ4n) is 1.94. The summed E-state index contributed by atoms with van der Waals surface area (Å²) in [5, 5.41) is 4.10. The number of pyridine rings is 2. The summed E-state index contributed by atoms with van der Waals surface area (Å²) < 4.78 is 38.0. The number of anilines is 1. The Morgan fingerprint density at radius 1 is 1.23 bits per heavy atom. The molecular formula is C15H7Cl2F3N4OS. The molecule has 0 unspecified atom stereocenters. The van der Waals surface area contributed by atoms with Gasteiger partial charge in [-0.3, -0.25) is 15.1 Å². The highest BCUT2D eigenvalue weighted by atomic mass is 35.5. The van der Waals surface area contributed by atoms with Crippen LogP contribution in [0.5, 0.6) is 0 Å². The molecule has 3 rings (SSSR count). The lowest BCUT2D eigenvalue weighted by Gasteiger charge is -2.07. The van der Waals surface area contributed by atoms with Gasteiger partial charge in [0, 0.05) is 17.8 Å². The van der Waals surface area contributed by atoms with Gasteiger partial charge in [0.25, 0.3) is 5.91 Å². The molecule has 26 heavy (non-hydrogen) atoms. The molecule has 0 bridgehead atoms. The minimum atomic E-state index is -4.54. The van der Waals surface area contributed by atoms with Crippen molar-refractivity contribution in [3.63, 3.8) is 0 Å². The molecule has 0 atom stereocenters. The Bertz CT molecular complexity index is 978. The number of nitrogens with one attached hydrogen (secondary N) is 1. The van der Waals surface area contributed by atoms with Crippen molar-refractivity contribution >= 4 is 45.6 Å². The minimum Gasteiger partial charge on any atom is -0.298 e. The van der Waals surface area contributed by atoms with Crippen molar-refractivity contribution in [1.82, 2.24) is 15.0 Å². The molecule has 3 aromatic rings. The lowest BCUT2D eigenvalue weighted by atomic mass is 10.2. The van der Waals surface area contributed by atoms with Gasteiger partial charge in [-0.05, 0) is 18.2 Å². The summed E-state index contributed by atoms with van der Waals surface area (Å²) in [5.41, 5.74) is -0.477. The van der Waals surface area contributed by atoms with E-state index in [0.717, 1.165) is 17.4 Å². The maximum atomic E-state index is 12.7. The Labute approximate surface area is 158 Å². The van der Waals surface area contributed by atoms with Gasteiger partial charge in [0.2, 0.25) is 0 Å². The number of aromatic nitrogens is 3. The Morgan fingerprint density at radius 2 is 2.00 bits per heavy atom. The van der Waals surface area contributed by atoms with E-state index in [0.29, 0.717) is 6.20 Å². The van der Waals surface area contributed by atoms with Crippen LogP contribution in [0.25, 0.3) is 11.4 Å². The van der Waals surface area contributed by atoms with E-state index in [1.54, 1.807) is 6.07 Å². The second kappa shape index (κ2) is 7.18. The van der Waals surface area contributed by atoms with Gasteiger partial charge in [-0.1, -0.05) is 23.2 Å². The molecule has 3 aromatic heterocycles. The van der Waals surface area contributed by atoms with Gasteiger partial charge in [-0.15, -0.1) is 11.3 Å². The predicted molar refractivity (Wildman–Crippen MR) is 92.6 cm³/mol. The van der Waals surface area contributed by atoms with Crippen LogP contribution >= 0.6 is 34.5 Å². The normalized spacial score (nSPS) is 11.4. The summed E-state index contributed by atoms with van der Waals surface area (Å²) in [6.45, 7) is 0. The molecule has 3 heterocycles. The summed E-state index contributed by atoms with van der Waals surface area (Å²) >= 11 is 12.8. The average Bonchev–Trinajstić information content (AvgIpc) is 3.02. The van der Waals surface area contributed by atoms with Gasteiger partial charge in [0.1, 0.15) is 16.5 Å². The molecule has 0 spiro atoms. The molecule has 0 aromatic carbocycles. The summed E-state index contributed by atoms with van der Waals surface area (Å²) in [7, 11) is 0. The van der Waals surface area contributed by atoms with E-state index in [-0.39, 0.29) is 32.3 Å². The second-order valence-corrected chi connectivity index (χ2v) is 6.51. The van der Waals surface area contributed by atoms with E-state index in [1.165, 1.54) is 17.6 Å². The topological polar surface area (TPSA) is 67.8 Å². The second-order valence-electron chi connectivity index (χ2n) is 4.89. The van der Waals surface area contributed by atoms with Gasteiger partial charge in [-0.2, -0.15) is 13.2 Å². The Kier molecular flexibility index (Phi) is 5.12. The van der Waals surface area contributed by atoms with Crippen LogP contribution in [0.15, 0.2) is 36.0 Å². The van der Waals surface area contributed by atoms with Crippen LogP contribution in [0.4, 0.5) is 18.3 Å². The molecule has 1 N–H and O–H groups in total. The Morgan fingerprint density at radius 3 is 2.65 bits per heavy atom. The van der Waals surface area contributed by atoms with Crippen LogP contribution in [-0.4, -0.2) is 20.9 Å². The van der Waals surface area contributed by atoms with Gasteiger partial charge in [-0.25, -0.2) is 9.97 Å². The number of nitrogens with zero attached hydrogens (tertiary/aromatic N) is 3. The number of hydrogen-bond acceptors (Lipinski definition) is 5. The molecule has 0 aliphatic rings. The van der Waals surface area contributed by atoms with E-state index >= 15 is 0 Å². The fraction of sp³-hybridized carbons (Fsp3) is 0.0667. The molecular weight excluding hydrogens is 412 g/mol. The molecule has 0 radical (unpaired) electrons. The zero-order valence-electron chi connectivity index (χ0n) is 12.5. The van der Waals surface area contributed by atoms with Gasteiger partial charge in [0.15, 0.2) is 5.13 Å². The quantitative estimate of drug-likeness (QED) is 0.595. The molecule has 0 saturated carbocycles. The highest BCUT2D eigenvalue weighted by Gasteiger charge is 2.31. The van der Waals surface area contributed by atoms with Crippen molar-refractivity contribution in [1.29, 1.82) is 0 Å². The SMILES string of the molecule is O=C(Nc1nc(-c2ncc(C(F)(F)F)cc2Cl)cs1)c1cccnc1Cl. The molecule has 11 heteroatoms. The van der Waals surface area contributed by atoms with Crippen LogP contribution in [0, 0.1) is 0 Å². The van der Waals surface area contributed by atoms with Crippen molar-refractivity contribution in [3.05, 3.63) is 57.3 Å². The molecule has 0 saturated heterocycles. The molecule has 1 amide bonds. The Hall–Kier alpha value is -2.23. The number of carbonyl (C=O) groups excluding carboxylic acids is 1. The average molecular weight is 419 g/mol. The van der Waals surface area contributed by atoms with Gasteiger partial charge in [0.05, 0.1) is 16.1 Å². The smallest absolute Gasteiger partial charge is 0.298 e. The first-order valence-corrected chi connectivity index (χ1v) is 8.50. The first-order chi connectivity index (χ1) is 12.3. The third-order valence-electron chi connectivity index (χ3n) is 3.14. The Balaban J connectivity index is 1.82. The number of amides is 1. The van der Waals surface area contributed by atoms with Gasteiger partial charge >= 0.3 is 6.18 Å². The summed E-state index contributed by atoms with van der Waals surface area (Å²) in [5.74, 6) is -0.518. The third kappa shape index (κ3) is 3.95. The molecule has 0 aliphatic carbocycles. The maximum Gasteiger partial charge on any atom is 0.417 e. The van der Waals surface area contributed by atoms with E-state index in [4.69, 9.17) is 23.2 Å². The van der Waals surface area contributed by atoms with Crippen LogP contribution < -0.4 is 5.32 Å². The number of thiazole rings is 1. The first kappa shape index (κ1) is 18.6. The lowest BCUT2D eigenvalue weighted by Crippen LogP contribution is -2.12. The number of alkyl halides is 3. The van der Waals surface area contributed by atoms with Gasteiger partial charge < -0.3 is 0 Å². The van der Waals surface area contributed by atoms with Crippen molar-refractivity contribution in [3.8, 4) is 11.4 Å². The standard InChI is InChI=1S/C15H7Cl2F3N4OS/c16-9-4-7(15(18,19)20)5-22-11(9)10-6-26-14(23-10)24-13(25)8-2-1-3-21-12(8)17/h1-6H,(H,23,24,25). The zero-order valence-corrected chi connectivity index (χ0v) is 14.8. The number of hydrogen-bond donors (Lipinski definition) is 1. The summed E-state index contributed by atoms with van der Waals surface area (Å²) in [6.07, 6.45) is -2.42. The largest absolute Gasteiger partial charge is 0.417 e.